The molecule has 0 fully saturated rings. The summed E-state index contributed by atoms with van der Waals surface area (Å²) in [6.45, 7) is 2.21. The van der Waals surface area contributed by atoms with Crippen LogP contribution in [0, 0.1) is 6.92 Å². The van der Waals surface area contributed by atoms with Crippen LogP contribution < -0.4 is 0 Å². The number of rotatable bonds is 2. The summed E-state index contributed by atoms with van der Waals surface area (Å²) in [6, 6.07) is 13.3. The van der Waals surface area contributed by atoms with Crippen LogP contribution in [0.2, 0.25) is 0 Å². The van der Waals surface area contributed by atoms with Crippen molar-refractivity contribution in [1.29, 1.82) is 0 Å². The topological polar surface area (TPSA) is 25.8 Å². The first-order valence-electron chi connectivity index (χ1n) is 6.30. The Balaban J connectivity index is 1.96. The van der Waals surface area contributed by atoms with E-state index in [2.05, 4.69) is 59.3 Å². The average molecular weight is 534 g/mol. The molecule has 104 valence electrons. The van der Waals surface area contributed by atoms with Crippen molar-refractivity contribution in [3.8, 4) is 20.0 Å². The molecule has 0 spiro atoms. The Morgan fingerprint density at radius 1 is 0.810 bits per heavy atom. The SMILES string of the molecule is Cc1ccc(-c2ccc(-c3ccc(Br)[se]3)c3n[se]nc23)[se]1. The van der Waals surface area contributed by atoms with Gasteiger partial charge in [-0.2, -0.15) is 0 Å². The number of nitrogens with zero attached hydrogens (tertiary/aromatic N) is 2. The van der Waals surface area contributed by atoms with Crippen molar-refractivity contribution in [2.45, 2.75) is 6.92 Å². The molecule has 6 heteroatoms. The van der Waals surface area contributed by atoms with Crippen molar-refractivity contribution < 1.29 is 0 Å². The summed E-state index contributed by atoms with van der Waals surface area (Å²) >= 11 is 4.43. The van der Waals surface area contributed by atoms with Crippen molar-refractivity contribution in [3.05, 3.63) is 44.2 Å². The van der Waals surface area contributed by atoms with Crippen molar-refractivity contribution in [1.82, 2.24) is 7.96 Å². The van der Waals surface area contributed by atoms with Gasteiger partial charge in [-0.05, 0) is 0 Å². The molecule has 4 rings (SSSR count). The summed E-state index contributed by atoms with van der Waals surface area (Å²) in [5, 5.41) is 0. The summed E-state index contributed by atoms with van der Waals surface area (Å²) in [5.74, 6) is 0. The van der Waals surface area contributed by atoms with Crippen molar-refractivity contribution >= 4 is 70.9 Å². The molecule has 3 heterocycles. The van der Waals surface area contributed by atoms with Gasteiger partial charge in [0.25, 0.3) is 0 Å². The Kier molecular flexibility index (Phi) is 3.97. The first-order chi connectivity index (χ1) is 10.2. The summed E-state index contributed by atoms with van der Waals surface area (Å²) < 4.78 is 15.0. The van der Waals surface area contributed by atoms with E-state index < -0.39 is 0 Å². The summed E-state index contributed by atoms with van der Waals surface area (Å²) in [7, 11) is 0. The van der Waals surface area contributed by atoms with Crippen molar-refractivity contribution in [3.63, 3.8) is 0 Å². The van der Waals surface area contributed by atoms with Gasteiger partial charge in [-0.25, -0.2) is 0 Å². The zero-order valence-corrected chi connectivity index (χ0v) is 17.7. The van der Waals surface area contributed by atoms with Gasteiger partial charge in [0.15, 0.2) is 0 Å². The Labute approximate surface area is 149 Å². The van der Waals surface area contributed by atoms with E-state index in [9.17, 15) is 0 Å². The third-order valence-corrected chi connectivity index (χ3v) is 9.55. The number of fused-ring (bicyclic) bond motifs is 1. The van der Waals surface area contributed by atoms with E-state index in [-0.39, 0.29) is 15.0 Å². The van der Waals surface area contributed by atoms with Crippen molar-refractivity contribution in [2.75, 3.05) is 0 Å². The molecular weight excluding hydrogens is 525 g/mol. The fraction of sp³-hybridized carbons (Fsp3) is 0.0667. The maximum absolute atomic E-state index is 4.71. The van der Waals surface area contributed by atoms with Gasteiger partial charge in [-0.3, -0.25) is 0 Å². The van der Waals surface area contributed by atoms with E-state index in [1.807, 2.05) is 0 Å². The molecule has 2 nitrogen and oxygen atoms in total. The van der Waals surface area contributed by atoms with Gasteiger partial charge in [-0.15, -0.1) is 0 Å². The normalized spacial score (nSPS) is 11.3. The van der Waals surface area contributed by atoms with Crippen LogP contribution in [0.3, 0.4) is 0 Å². The van der Waals surface area contributed by atoms with Crippen LogP contribution >= 0.6 is 15.9 Å². The number of hydrogen-bond donors (Lipinski definition) is 0. The van der Waals surface area contributed by atoms with Crippen LogP contribution in [-0.2, 0) is 0 Å². The molecule has 0 saturated heterocycles. The molecule has 0 atom stereocenters. The van der Waals surface area contributed by atoms with Gasteiger partial charge in [0.2, 0.25) is 0 Å². The first-order valence-corrected chi connectivity index (χ1v) is 12.1. The van der Waals surface area contributed by atoms with E-state index >= 15 is 0 Å². The second-order valence-electron chi connectivity index (χ2n) is 4.64. The third-order valence-electron chi connectivity index (χ3n) is 3.26. The van der Waals surface area contributed by atoms with Crippen LogP contribution in [0.5, 0.6) is 0 Å². The predicted molar refractivity (Wildman–Crippen MR) is 93.7 cm³/mol. The third kappa shape index (κ3) is 2.64. The molecule has 21 heavy (non-hydrogen) atoms. The fourth-order valence-corrected chi connectivity index (χ4v) is 8.01. The van der Waals surface area contributed by atoms with E-state index in [4.69, 9.17) is 7.96 Å². The standard InChI is InChI=1S/C15H9BrN2Se3/c1-8-2-5-11(19-8)9-3-4-10(12-6-7-13(16)20-12)15-14(9)17-21-18-15/h2-7H,1H3. The molecule has 0 aliphatic rings. The Morgan fingerprint density at radius 2 is 1.43 bits per heavy atom. The quantitative estimate of drug-likeness (QED) is 0.370. The molecule has 0 bridgehead atoms. The van der Waals surface area contributed by atoms with Crippen LogP contribution in [0.25, 0.3) is 31.0 Å². The van der Waals surface area contributed by atoms with Gasteiger partial charge < -0.3 is 0 Å². The Hall–Kier alpha value is -0.182. The molecule has 0 aliphatic carbocycles. The second-order valence-corrected chi connectivity index (χ2v) is 12.8. The number of hydrogen-bond acceptors (Lipinski definition) is 2. The maximum atomic E-state index is 4.71. The molecule has 0 radical (unpaired) electrons. The first kappa shape index (κ1) is 14.4. The zero-order chi connectivity index (χ0) is 14.4. The summed E-state index contributed by atoms with van der Waals surface area (Å²) in [6.07, 6.45) is 0. The Morgan fingerprint density at radius 3 is 1.95 bits per heavy atom. The molecular formula is C15H9BrN2Se3. The molecule has 0 amide bonds. The average Bonchev–Trinajstić information content (AvgIpc) is 3.18. The van der Waals surface area contributed by atoms with E-state index in [0.29, 0.717) is 29.0 Å². The molecule has 0 N–H and O–H groups in total. The van der Waals surface area contributed by atoms with Gasteiger partial charge in [0.05, 0.1) is 0 Å². The van der Waals surface area contributed by atoms with E-state index in [0.717, 1.165) is 11.0 Å². The molecule has 1 aromatic carbocycles. The second kappa shape index (κ2) is 5.79. The molecule has 0 saturated carbocycles. The summed E-state index contributed by atoms with van der Waals surface area (Å²) in [4.78, 5) is 0. The predicted octanol–water partition coefficient (Wildman–Crippen LogP) is 3.21. The minimum atomic E-state index is 0.0125. The molecule has 4 aromatic rings. The Bertz CT molecular complexity index is 861. The van der Waals surface area contributed by atoms with E-state index in [1.165, 1.54) is 27.8 Å². The monoisotopic (exact) mass is 536 g/mol. The summed E-state index contributed by atoms with van der Waals surface area (Å²) in [5.41, 5.74) is 4.82. The zero-order valence-electron chi connectivity index (χ0n) is 11.0. The van der Waals surface area contributed by atoms with Crippen LogP contribution in [-0.4, -0.2) is 51.9 Å². The van der Waals surface area contributed by atoms with Gasteiger partial charge in [0.1, 0.15) is 0 Å². The minimum absolute atomic E-state index is 0.0125. The number of benzene rings is 1. The van der Waals surface area contributed by atoms with Gasteiger partial charge in [0, 0.05) is 0 Å². The van der Waals surface area contributed by atoms with Crippen LogP contribution in [0.1, 0.15) is 4.44 Å². The molecule has 0 aliphatic heterocycles. The number of halogens is 1. The van der Waals surface area contributed by atoms with Crippen molar-refractivity contribution in [2.24, 2.45) is 0 Å². The fourth-order valence-electron chi connectivity index (χ4n) is 2.30. The number of aryl methyl sites for hydroxylation is 1. The molecule has 0 unspecified atom stereocenters. The van der Waals surface area contributed by atoms with E-state index in [1.54, 1.807) is 0 Å². The molecule has 3 aromatic heterocycles. The van der Waals surface area contributed by atoms with Crippen LogP contribution in [0.15, 0.2) is 39.7 Å². The van der Waals surface area contributed by atoms with Gasteiger partial charge in [-0.1, -0.05) is 0 Å². The number of aromatic nitrogens is 2. The van der Waals surface area contributed by atoms with Gasteiger partial charge >= 0.3 is 150 Å². The van der Waals surface area contributed by atoms with Crippen LogP contribution in [0.4, 0.5) is 0 Å².